The smallest absolute Gasteiger partial charge is 0.336 e. The van der Waals surface area contributed by atoms with Crippen LogP contribution in [0.4, 0.5) is 0 Å². The molecule has 3 aromatic rings. The fourth-order valence-electron chi connectivity index (χ4n) is 2.97. The molecule has 1 aromatic heterocycles. The first-order valence-electron chi connectivity index (χ1n) is 8.93. The SMILES string of the molecule is CCCCc1nc(C=S)nn1Cc1ccc(-c2ccccc2C(=O)O)cc1. The predicted octanol–water partition coefficient (Wildman–Crippen LogP) is 4.38. The Kier molecular flexibility index (Phi) is 6.08. The zero-order valence-corrected chi connectivity index (χ0v) is 15.9. The average Bonchev–Trinajstić information content (AvgIpc) is 3.08. The van der Waals surface area contributed by atoms with E-state index in [9.17, 15) is 9.90 Å². The molecule has 0 saturated heterocycles. The molecule has 0 aliphatic carbocycles. The minimum Gasteiger partial charge on any atom is -0.478 e. The van der Waals surface area contributed by atoms with Crippen LogP contribution in [0.3, 0.4) is 0 Å². The number of carboxylic acid groups (broad SMARTS) is 1. The van der Waals surface area contributed by atoms with Gasteiger partial charge in [0.15, 0.2) is 5.82 Å². The number of unbranched alkanes of at least 4 members (excludes halogenated alkanes) is 1. The van der Waals surface area contributed by atoms with Gasteiger partial charge in [0.25, 0.3) is 0 Å². The molecule has 1 heterocycles. The van der Waals surface area contributed by atoms with Crippen LogP contribution < -0.4 is 0 Å². The van der Waals surface area contributed by atoms with Crippen LogP contribution in [0.2, 0.25) is 0 Å². The van der Waals surface area contributed by atoms with Crippen LogP contribution in [-0.2, 0) is 13.0 Å². The number of aromatic carboxylic acids is 1. The second-order valence-corrected chi connectivity index (χ2v) is 6.55. The third-order valence-electron chi connectivity index (χ3n) is 4.38. The Hall–Kier alpha value is -2.86. The van der Waals surface area contributed by atoms with Gasteiger partial charge in [-0.1, -0.05) is 68.0 Å². The number of hydrogen-bond acceptors (Lipinski definition) is 4. The molecule has 0 aliphatic rings. The molecule has 2 aromatic carbocycles. The summed E-state index contributed by atoms with van der Waals surface area (Å²) in [5.41, 5.74) is 2.96. The number of aryl methyl sites for hydroxylation is 1. The Morgan fingerprint density at radius 2 is 1.93 bits per heavy atom. The molecule has 5 nitrogen and oxygen atoms in total. The molecule has 0 aliphatic heterocycles. The van der Waals surface area contributed by atoms with Crippen molar-refractivity contribution < 1.29 is 9.90 Å². The average molecular weight is 379 g/mol. The first-order chi connectivity index (χ1) is 13.1. The normalized spacial score (nSPS) is 10.7. The van der Waals surface area contributed by atoms with E-state index in [0.717, 1.165) is 36.2 Å². The van der Waals surface area contributed by atoms with Crippen molar-refractivity contribution in [3.8, 4) is 11.1 Å². The van der Waals surface area contributed by atoms with Crippen molar-refractivity contribution in [2.45, 2.75) is 32.7 Å². The first kappa shape index (κ1) is 18.9. The van der Waals surface area contributed by atoms with E-state index in [0.29, 0.717) is 23.5 Å². The third-order valence-corrected chi connectivity index (χ3v) is 4.59. The van der Waals surface area contributed by atoms with Gasteiger partial charge in [-0.05, 0) is 29.2 Å². The summed E-state index contributed by atoms with van der Waals surface area (Å²) in [6, 6.07) is 14.9. The number of benzene rings is 2. The van der Waals surface area contributed by atoms with Crippen LogP contribution in [0.5, 0.6) is 0 Å². The van der Waals surface area contributed by atoms with Crippen LogP contribution in [0, 0.1) is 0 Å². The van der Waals surface area contributed by atoms with Crippen molar-refractivity contribution in [2.75, 3.05) is 0 Å². The number of nitrogens with zero attached hydrogens (tertiary/aromatic N) is 3. The fourth-order valence-corrected chi connectivity index (χ4v) is 3.07. The summed E-state index contributed by atoms with van der Waals surface area (Å²) in [4.78, 5) is 15.9. The third kappa shape index (κ3) is 4.46. The van der Waals surface area contributed by atoms with E-state index in [1.165, 1.54) is 5.37 Å². The van der Waals surface area contributed by atoms with E-state index in [-0.39, 0.29) is 0 Å². The maximum Gasteiger partial charge on any atom is 0.336 e. The van der Waals surface area contributed by atoms with Crippen molar-refractivity contribution in [1.82, 2.24) is 14.8 Å². The lowest BCUT2D eigenvalue weighted by atomic mass is 9.99. The number of thiocarbonyl (C=S) groups is 1. The molecule has 1 N–H and O–H groups in total. The van der Waals surface area contributed by atoms with Gasteiger partial charge < -0.3 is 5.11 Å². The van der Waals surface area contributed by atoms with Crippen LogP contribution in [0.25, 0.3) is 11.1 Å². The molecule has 3 rings (SSSR count). The Morgan fingerprint density at radius 3 is 2.59 bits per heavy atom. The van der Waals surface area contributed by atoms with Crippen molar-refractivity contribution in [3.05, 3.63) is 71.3 Å². The topological polar surface area (TPSA) is 68.0 Å². The Labute approximate surface area is 163 Å². The number of rotatable bonds is 8. The fraction of sp³-hybridized carbons (Fsp3) is 0.238. The van der Waals surface area contributed by atoms with Gasteiger partial charge in [0.05, 0.1) is 12.1 Å². The lowest BCUT2D eigenvalue weighted by Crippen LogP contribution is -2.07. The number of carboxylic acids is 1. The molecule has 0 fully saturated rings. The largest absolute Gasteiger partial charge is 0.478 e. The maximum atomic E-state index is 11.4. The van der Waals surface area contributed by atoms with Crippen molar-refractivity contribution in [1.29, 1.82) is 0 Å². The maximum absolute atomic E-state index is 11.4. The second kappa shape index (κ2) is 8.68. The zero-order chi connectivity index (χ0) is 19.2. The number of hydrogen-bond donors (Lipinski definition) is 1. The van der Waals surface area contributed by atoms with E-state index in [1.54, 1.807) is 12.1 Å². The van der Waals surface area contributed by atoms with Crippen molar-refractivity contribution >= 4 is 23.6 Å². The highest BCUT2D eigenvalue weighted by Crippen LogP contribution is 2.24. The second-order valence-electron chi connectivity index (χ2n) is 6.31. The lowest BCUT2D eigenvalue weighted by Gasteiger charge is -2.09. The molecule has 138 valence electrons. The highest BCUT2D eigenvalue weighted by molar-refractivity contribution is 7.79. The van der Waals surface area contributed by atoms with Crippen LogP contribution in [0.15, 0.2) is 48.5 Å². The molecule has 0 amide bonds. The van der Waals surface area contributed by atoms with Crippen molar-refractivity contribution in [2.24, 2.45) is 0 Å². The van der Waals surface area contributed by atoms with Crippen LogP contribution >= 0.6 is 12.2 Å². The molecule has 0 bridgehead atoms. The Bertz CT molecular complexity index is 948. The number of aromatic nitrogens is 3. The molecule has 0 spiro atoms. The highest BCUT2D eigenvalue weighted by atomic mass is 32.1. The summed E-state index contributed by atoms with van der Waals surface area (Å²) in [6.07, 6.45) is 3.02. The first-order valence-corrected chi connectivity index (χ1v) is 9.40. The molecular formula is C21H21N3O2S. The molecular weight excluding hydrogens is 358 g/mol. The summed E-state index contributed by atoms with van der Waals surface area (Å²) in [6.45, 7) is 2.75. The van der Waals surface area contributed by atoms with Crippen molar-refractivity contribution in [3.63, 3.8) is 0 Å². The minimum absolute atomic E-state index is 0.300. The van der Waals surface area contributed by atoms with Gasteiger partial charge in [-0.15, -0.1) is 0 Å². The highest BCUT2D eigenvalue weighted by Gasteiger charge is 2.12. The molecule has 27 heavy (non-hydrogen) atoms. The molecule has 0 saturated carbocycles. The molecule has 0 atom stereocenters. The van der Waals surface area contributed by atoms with Gasteiger partial charge in [-0.2, -0.15) is 5.10 Å². The summed E-state index contributed by atoms with van der Waals surface area (Å²) in [5, 5.41) is 15.3. The van der Waals surface area contributed by atoms with E-state index < -0.39 is 5.97 Å². The standard InChI is InChI=1S/C21H21N3O2S/c1-2-3-8-20-22-19(14-27)23-24(20)13-15-9-11-16(12-10-15)17-6-4-5-7-18(17)21(25)26/h4-7,9-12,14H,2-3,8,13H2,1H3,(H,25,26). The quantitative estimate of drug-likeness (QED) is 0.588. The summed E-state index contributed by atoms with van der Waals surface area (Å²) in [7, 11) is 0. The van der Waals surface area contributed by atoms with Crippen LogP contribution in [0.1, 0.15) is 47.3 Å². The Balaban J connectivity index is 1.84. The molecule has 0 radical (unpaired) electrons. The summed E-state index contributed by atoms with van der Waals surface area (Å²) >= 11 is 4.96. The van der Waals surface area contributed by atoms with Gasteiger partial charge in [-0.25, -0.2) is 14.5 Å². The summed E-state index contributed by atoms with van der Waals surface area (Å²) < 4.78 is 1.90. The predicted molar refractivity (Wildman–Crippen MR) is 109 cm³/mol. The zero-order valence-electron chi connectivity index (χ0n) is 15.1. The van der Waals surface area contributed by atoms with Gasteiger partial charge >= 0.3 is 5.97 Å². The van der Waals surface area contributed by atoms with E-state index in [2.05, 4.69) is 17.0 Å². The lowest BCUT2D eigenvalue weighted by molar-refractivity contribution is 0.0697. The summed E-state index contributed by atoms with van der Waals surface area (Å²) in [5.74, 6) is 0.585. The molecule has 0 unspecified atom stereocenters. The molecule has 6 heteroatoms. The van der Waals surface area contributed by atoms with Gasteiger partial charge in [0.2, 0.25) is 0 Å². The minimum atomic E-state index is -0.925. The Morgan fingerprint density at radius 1 is 1.19 bits per heavy atom. The van der Waals surface area contributed by atoms with E-state index >= 15 is 0 Å². The van der Waals surface area contributed by atoms with Crippen LogP contribution in [-0.4, -0.2) is 31.2 Å². The van der Waals surface area contributed by atoms with Gasteiger partial charge in [0, 0.05) is 11.8 Å². The monoisotopic (exact) mass is 379 g/mol. The van der Waals surface area contributed by atoms with Gasteiger partial charge in [-0.3, -0.25) is 0 Å². The number of carbonyl (C=O) groups is 1. The van der Waals surface area contributed by atoms with Gasteiger partial charge in [0.1, 0.15) is 5.82 Å². The van der Waals surface area contributed by atoms with E-state index in [4.69, 9.17) is 12.2 Å². The van der Waals surface area contributed by atoms with E-state index in [1.807, 2.05) is 41.1 Å².